The number of nitrogens with zero attached hydrogens (tertiary/aromatic N) is 2. The number of esters is 1. The Morgan fingerprint density at radius 1 is 1.14 bits per heavy atom. The summed E-state index contributed by atoms with van der Waals surface area (Å²) >= 11 is 0. The molecule has 0 spiro atoms. The van der Waals surface area contributed by atoms with Crippen LogP contribution in [0.2, 0.25) is 0 Å². The molecule has 3 aromatic rings. The molecule has 0 atom stereocenters. The molecule has 0 radical (unpaired) electrons. The number of aryl methyl sites for hydroxylation is 1. The first-order valence-corrected chi connectivity index (χ1v) is 9.76. The number of rotatable bonds is 6. The maximum atomic E-state index is 12.3. The standard InChI is InChI=1S/C23H24N2O3/c1-3-27-23(26)20-15-22(25(24-20)21-13-5-4-8-16(21)2)17-9-6-12-19(14-17)28-18-10-7-11-18/h4-6,8-9,12-15,18H,3,7,10-11H2,1-2H3. The molecule has 5 nitrogen and oxygen atoms in total. The number of benzene rings is 2. The highest BCUT2D eigenvalue weighted by atomic mass is 16.5. The Morgan fingerprint density at radius 2 is 1.96 bits per heavy atom. The van der Waals surface area contributed by atoms with Gasteiger partial charge < -0.3 is 9.47 Å². The van der Waals surface area contributed by atoms with Crippen molar-refractivity contribution in [2.24, 2.45) is 0 Å². The van der Waals surface area contributed by atoms with Crippen molar-refractivity contribution in [3.05, 3.63) is 65.9 Å². The molecule has 0 amide bonds. The molecule has 0 N–H and O–H groups in total. The number of carbonyl (C=O) groups excluding carboxylic acids is 1. The lowest BCUT2D eigenvalue weighted by atomic mass is 9.96. The Bertz CT molecular complexity index is 989. The van der Waals surface area contributed by atoms with Gasteiger partial charge >= 0.3 is 5.97 Å². The van der Waals surface area contributed by atoms with Crippen LogP contribution >= 0.6 is 0 Å². The monoisotopic (exact) mass is 376 g/mol. The molecule has 0 bridgehead atoms. The smallest absolute Gasteiger partial charge is 0.358 e. The maximum Gasteiger partial charge on any atom is 0.358 e. The van der Waals surface area contributed by atoms with Crippen LogP contribution in [0.25, 0.3) is 16.9 Å². The van der Waals surface area contributed by atoms with Gasteiger partial charge in [-0.2, -0.15) is 5.10 Å². The van der Waals surface area contributed by atoms with Gasteiger partial charge in [0.05, 0.1) is 24.1 Å². The lowest BCUT2D eigenvalue weighted by molar-refractivity contribution is 0.0519. The molecule has 1 heterocycles. The molecule has 0 saturated heterocycles. The Balaban J connectivity index is 1.77. The zero-order valence-electron chi connectivity index (χ0n) is 16.2. The van der Waals surface area contributed by atoms with Crippen LogP contribution in [0.3, 0.4) is 0 Å². The molecule has 1 aliphatic carbocycles. The van der Waals surface area contributed by atoms with Crippen LogP contribution in [0.4, 0.5) is 0 Å². The van der Waals surface area contributed by atoms with Gasteiger partial charge in [-0.25, -0.2) is 9.48 Å². The first-order valence-electron chi connectivity index (χ1n) is 9.76. The fourth-order valence-corrected chi connectivity index (χ4v) is 3.29. The first-order chi connectivity index (χ1) is 13.7. The molecule has 4 rings (SSSR count). The van der Waals surface area contributed by atoms with E-state index in [1.807, 2.05) is 60.1 Å². The van der Waals surface area contributed by atoms with Crippen molar-refractivity contribution in [3.63, 3.8) is 0 Å². The fraction of sp³-hybridized carbons (Fsp3) is 0.304. The van der Waals surface area contributed by atoms with Crippen molar-refractivity contribution in [1.29, 1.82) is 0 Å². The Labute approximate surface area is 164 Å². The molecule has 1 fully saturated rings. The number of hydrogen-bond donors (Lipinski definition) is 0. The maximum absolute atomic E-state index is 12.3. The highest BCUT2D eigenvalue weighted by Gasteiger charge is 2.21. The summed E-state index contributed by atoms with van der Waals surface area (Å²) < 4.78 is 13.0. The quantitative estimate of drug-likeness (QED) is 0.571. The van der Waals surface area contributed by atoms with E-state index in [0.29, 0.717) is 18.4 Å². The third-order valence-corrected chi connectivity index (χ3v) is 5.02. The van der Waals surface area contributed by atoms with Crippen LogP contribution in [-0.4, -0.2) is 28.5 Å². The molecule has 2 aromatic carbocycles. The van der Waals surface area contributed by atoms with Crippen LogP contribution in [0, 0.1) is 6.92 Å². The molecule has 1 aliphatic rings. The van der Waals surface area contributed by atoms with Crippen molar-refractivity contribution in [2.45, 2.75) is 39.2 Å². The van der Waals surface area contributed by atoms with Crippen LogP contribution < -0.4 is 4.74 Å². The first kappa shape index (κ1) is 18.3. The summed E-state index contributed by atoms with van der Waals surface area (Å²) in [6.07, 6.45) is 3.76. The van der Waals surface area contributed by atoms with E-state index < -0.39 is 5.97 Å². The number of carbonyl (C=O) groups is 1. The summed E-state index contributed by atoms with van der Waals surface area (Å²) in [7, 11) is 0. The van der Waals surface area contributed by atoms with E-state index in [1.54, 1.807) is 13.0 Å². The lowest BCUT2D eigenvalue weighted by Crippen LogP contribution is -2.24. The van der Waals surface area contributed by atoms with E-state index in [-0.39, 0.29) is 0 Å². The summed E-state index contributed by atoms with van der Waals surface area (Å²) in [5.74, 6) is 0.426. The van der Waals surface area contributed by atoms with E-state index >= 15 is 0 Å². The average molecular weight is 376 g/mol. The lowest BCUT2D eigenvalue weighted by Gasteiger charge is -2.26. The third kappa shape index (κ3) is 3.65. The molecule has 0 unspecified atom stereocenters. The summed E-state index contributed by atoms with van der Waals surface area (Å²) in [5, 5.41) is 4.56. The number of para-hydroxylation sites is 1. The van der Waals surface area contributed by atoms with Crippen molar-refractivity contribution >= 4 is 5.97 Å². The number of ether oxygens (including phenoxy) is 2. The van der Waals surface area contributed by atoms with Crippen molar-refractivity contribution < 1.29 is 14.3 Å². The second-order valence-electron chi connectivity index (χ2n) is 7.03. The Hall–Kier alpha value is -3.08. The van der Waals surface area contributed by atoms with Crippen molar-refractivity contribution in [1.82, 2.24) is 9.78 Å². The van der Waals surface area contributed by atoms with E-state index in [2.05, 4.69) is 5.10 Å². The molecule has 1 saturated carbocycles. The van der Waals surface area contributed by atoms with E-state index in [9.17, 15) is 4.79 Å². The molecule has 5 heteroatoms. The van der Waals surface area contributed by atoms with E-state index in [1.165, 1.54) is 6.42 Å². The largest absolute Gasteiger partial charge is 0.490 e. The van der Waals surface area contributed by atoms with Gasteiger partial charge in [0.25, 0.3) is 0 Å². The Morgan fingerprint density at radius 3 is 2.68 bits per heavy atom. The van der Waals surface area contributed by atoms with Gasteiger partial charge in [-0.05, 0) is 62.9 Å². The second-order valence-corrected chi connectivity index (χ2v) is 7.03. The number of hydrogen-bond acceptors (Lipinski definition) is 4. The van der Waals surface area contributed by atoms with Crippen molar-refractivity contribution in [3.8, 4) is 22.7 Å². The van der Waals surface area contributed by atoms with Gasteiger partial charge in [0.1, 0.15) is 5.75 Å². The van der Waals surface area contributed by atoms with Gasteiger partial charge in [-0.1, -0.05) is 30.3 Å². The summed E-state index contributed by atoms with van der Waals surface area (Å²) in [6.45, 7) is 4.13. The normalized spacial score (nSPS) is 13.8. The van der Waals surface area contributed by atoms with Crippen LogP contribution in [0.5, 0.6) is 5.75 Å². The molecular formula is C23H24N2O3. The number of aromatic nitrogens is 2. The van der Waals surface area contributed by atoms with Gasteiger partial charge in [-0.3, -0.25) is 0 Å². The summed E-state index contributed by atoms with van der Waals surface area (Å²) in [6, 6.07) is 17.7. The molecule has 28 heavy (non-hydrogen) atoms. The minimum absolute atomic E-state index is 0.297. The average Bonchev–Trinajstić information content (AvgIpc) is 3.11. The zero-order valence-corrected chi connectivity index (χ0v) is 16.2. The van der Waals surface area contributed by atoms with Crippen molar-refractivity contribution in [2.75, 3.05) is 6.61 Å². The molecular weight excluding hydrogens is 352 g/mol. The minimum Gasteiger partial charge on any atom is -0.490 e. The predicted octanol–water partition coefficient (Wildman–Crippen LogP) is 4.96. The molecule has 1 aromatic heterocycles. The zero-order chi connectivity index (χ0) is 19.5. The SMILES string of the molecule is CCOC(=O)c1cc(-c2cccc(OC3CCC3)c2)n(-c2ccccc2C)n1. The molecule has 0 aliphatic heterocycles. The van der Waals surface area contributed by atoms with Gasteiger partial charge in [0, 0.05) is 5.56 Å². The third-order valence-electron chi connectivity index (χ3n) is 5.02. The van der Waals surface area contributed by atoms with Gasteiger partial charge in [0.15, 0.2) is 5.69 Å². The minimum atomic E-state index is -0.419. The van der Waals surface area contributed by atoms with E-state index in [0.717, 1.165) is 41.1 Å². The topological polar surface area (TPSA) is 53.4 Å². The highest BCUT2D eigenvalue weighted by molar-refractivity contribution is 5.89. The predicted molar refractivity (Wildman–Crippen MR) is 108 cm³/mol. The van der Waals surface area contributed by atoms with E-state index in [4.69, 9.17) is 9.47 Å². The molecule has 144 valence electrons. The van der Waals surface area contributed by atoms with Gasteiger partial charge in [-0.15, -0.1) is 0 Å². The van der Waals surface area contributed by atoms with Crippen LogP contribution in [0.15, 0.2) is 54.6 Å². The summed E-state index contributed by atoms with van der Waals surface area (Å²) in [4.78, 5) is 12.3. The van der Waals surface area contributed by atoms with Gasteiger partial charge in [0.2, 0.25) is 0 Å². The highest BCUT2D eigenvalue weighted by Crippen LogP contribution is 2.31. The summed E-state index contributed by atoms with van der Waals surface area (Å²) in [5.41, 5.74) is 4.08. The Kier molecular flexibility index (Phi) is 5.15. The van der Waals surface area contributed by atoms with Crippen LogP contribution in [-0.2, 0) is 4.74 Å². The fourth-order valence-electron chi connectivity index (χ4n) is 3.29. The second kappa shape index (κ2) is 7.89. The van der Waals surface area contributed by atoms with Crippen LogP contribution in [0.1, 0.15) is 42.2 Å².